The van der Waals surface area contributed by atoms with Crippen molar-refractivity contribution in [1.82, 2.24) is 10.2 Å². The lowest BCUT2D eigenvalue weighted by Crippen LogP contribution is -2.50. The van der Waals surface area contributed by atoms with Crippen LogP contribution < -0.4 is 10.2 Å². The zero-order valence-electron chi connectivity index (χ0n) is 9.82. The van der Waals surface area contributed by atoms with E-state index in [1.807, 2.05) is 36.2 Å². The van der Waals surface area contributed by atoms with Crippen molar-refractivity contribution in [3.63, 3.8) is 0 Å². The maximum Gasteiger partial charge on any atom is 0.324 e. The van der Waals surface area contributed by atoms with E-state index >= 15 is 0 Å². The Morgan fingerprint density at radius 1 is 1.35 bits per heavy atom. The number of halogens is 1. The van der Waals surface area contributed by atoms with Crippen molar-refractivity contribution in [3.8, 4) is 0 Å². The quantitative estimate of drug-likeness (QED) is 0.859. The van der Waals surface area contributed by atoms with E-state index < -0.39 is 0 Å². The summed E-state index contributed by atoms with van der Waals surface area (Å²) in [6.07, 6.45) is 0. The van der Waals surface area contributed by atoms with E-state index in [9.17, 15) is 4.79 Å². The molecule has 0 aliphatic carbocycles. The molecule has 2 amide bonds. The number of hydrogen-bond acceptors (Lipinski definition) is 2. The highest BCUT2D eigenvalue weighted by atomic mass is 79.9. The highest BCUT2D eigenvalue weighted by Gasteiger charge is 2.21. The molecule has 1 aromatic carbocycles. The molecule has 1 N–H and O–H groups in total. The first-order valence-corrected chi connectivity index (χ1v) is 6.47. The van der Waals surface area contributed by atoms with E-state index in [0.29, 0.717) is 0 Å². The van der Waals surface area contributed by atoms with E-state index in [1.165, 1.54) is 0 Å². The predicted molar refractivity (Wildman–Crippen MR) is 72.4 cm³/mol. The molecule has 1 aromatic rings. The van der Waals surface area contributed by atoms with Gasteiger partial charge in [-0.25, -0.2) is 4.79 Å². The molecule has 0 aromatic heterocycles. The second-order valence-corrected chi connectivity index (χ2v) is 4.88. The second kappa shape index (κ2) is 5.51. The zero-order chi connectivity index (χ0) is 12.3. The fourth-order valence-corrected chi connectivity index (χ4v) is 2.45. The molecule has 0 unspecified atom stereocenters. The Kier molecular flexibility index (Phi) is 4.02. The molecule has 1 fully saturated rings. The Labute approximate surface area is 110 Å². The number of carbonyl (C=O) groups is 1. The topological polar surface area (TPSA) is 35.6 Å². The van der Waals surface area contributed by atoms with Crippen LogP contribution in [0.15, 0.2) is 28.7 Å². The Balaban J connectivity index is 2.11. The number of rotatable bonds is 1. The van der Waals surface area contributed by atoms with Crippen molar-refractivity contribution < 1.29 is 4.79 Å². The van der Waals surface area contributed by atoms with Crippen molar-refractivity contribution in [3.05, 3.63) is 28.7 Å². The summed E-state index contributed by atoms with van der Waals surface area (Å²) in [7, 11) is 1.81. The number of para-hydroxylation sites is 1. The minimum absolute atomic E-state index is 0.0541. The maximum absolute atomic E-state index is 12.3. The lowest BCUT2D eigenvalue weighted by molar-refractivity contribution is 0.198. The number of carbonyl (C=O) groups excluding carboxylic acids is 1. The van der Waals surface area contributed by atoms with Gasteiger partial charge in [0.05, 0.1) is 5.69 Å². The minimum Gasteiger partial charge on any atom is -0.322 e. The SMILES string of the molecule is CN(C(=O)N1CCNCC1)c1ccccc1Br. The van der Waals surface area contributed by atoms with Crippen LogP contribution in [0.3, 0.4) is 0 Å². The molecular weight excluding hydrogens is 282 g/mol. The van der Waals surface area contributed by atoms with Gasteiger partial charge in [0, 0.05) is 37.7 Å². The zero-order valence-corrected chi connectivity index (χ0v) is 11.4. The molecule has 1 aliphatic heterocycles. The summed E-state index contributed by atoms with van der Waals surface area (Å²) in [5.74, 6) is 0. The number of anilines is 1. The Hall–Kier alpha value is -1.07. The van der Waals surface area contributed by atoms with Gasteiger partial charge >= 0.3 is 6.03 Å². The Morgan fingerprint density at radius 2 is 2.00 bits per heavy atom. The minimum atomic E-state index is 0.0541. The van der Waals surface area contributed by atoms with Crippen molar-refractivity contribution in [2.45, 2.75) is 0 Å². The number of benzene rings is 1. The van der Waals surface area contributed by atoms with Crippen molar-refractivity contribution in [2.24, 2.45) is 0 Å². The first-order valence-electron chi connectivity index (χ1n) is 5.68. The van der Waals surface area contributed by atoms with Crippen molar-refractivity contribution >= 4 is 27.6 Å². The Morgan fingerprint density at radius 3 is 2.65 bits per heavy atom. The van der Waals surface area contributed by atoms with Crippen LogP contribution in [0, 0.1) is 0 Å². The number of amides is 2. The monoisotopic (exact) mass is 297 g/mol. The van der Waals surface area contributed by atoms with Gasteiger partial charge in [-0.05, 0) is 28.1 Å². The molecule has 0 bridgehead atoms. The van der Waals surface area contributed by atoms with E-state index in [0.717, 1.165) is 36.3 Å². The highest BCUT2D eigenvalue weighted by molar-refractivity contribution is 9.10. The van der Waals surface area contributed by atoms with Crippen molar-refractivity contribution in [1.29, 1.82) is 0 Å². The molecule has 1 saturated heterocycles. The van der Waals surface area contributed by atoms with Gasteiger partial charge in [0.1, 0.15) is 0 Å². The maximum atomic E-state index is 12.3. The third-order valence-corrected chi connectivity index (χ3v) is 3.56. The summed E-state index contributed by atoms with van der Waals surface area (Å²) in [6, 6.07) is 7.80. The normalized spacial score (nSPS) is 15.8. The molecule has 2 rings (SSSR count). The lowest BCUT2D eigenvalue weighted by atomic mass is 10.3. The van der Waals surface area contributed by atoms with Gasteiger partial charge < -0.3 is 10.2 Å². The van der Waals surface area contributed by atoms with Gasteiger partial charge in [-0.3, -0.25) is 4.90 Å². The molecule has 4 nitrogen and oxygen atoms in total. The van der Waals surface area contributed by atoms with Gasteiger partial charge in [0.15, 0.2) is 0 Å². The van der Waals surface area contributed by atoms with Crippen LogP contribution in [-0.4, -0.2) is 44.2 Å². The summed E-state index contributed by atoms with van der Waals surface area (Å²) in [5.41, 5.74) is 0.899. The van der Waals surface area contributed by atoms with Crippen LogP contribution in [0.2, 0.25) is 0 Å². The van der Waals surface area contributed by atoms with Crippen LogP contribution >= 0.6 is 15.9 Å². The van der Waals surface area contributed by atoms with Crippen LogP contribution in [0.4, 0.5) is 10.5 Å². The molecule has 0 saturated carbocycles. The number of nitrogens with zero attached hydrogens (tertiary/aromatic N) is 2. The smallest absolute Gasteiger partial charge is 0.322 e. The fraction of sp³-hybridized carbons (Fsp3) is 0.417. The van der Waals surface area contributed by atoms with Gasteiger partial charge in [0.2, 0.25) is 0 Å². The molecule has 1 heterocycles. The molecule has 17 heavy (non-hydrogen) atoms. The molecule has 0 spiro atoms. The van der Waals surface area contributed by atoms with Gasteiger partial charge in [-0.15, -0.1) is 0 Å². The number of urea groups is 1. The Bertz CT molecular complexity index is 404. The summed E-state index contributed by atoms with van der Waals surface area (Å²) >= 11 is 3.46. The second-order valence-electron chi connectivity index (χ2n) is 4.03. The van der Waals surface area contributed by atoms with E-state index in [-0.39, 0.29) is 6.03 Å². The van der Waals surface area contributed by atoms with Gasteiger partial charge in [0.25, 0.3) is 0 Å². The van der Waals surface area contributed by atoms with E-state index in [2.05, 4.69) is 21.2 Å². The lowest BCUT2D eigenvalue weighted by Gasteiger charge is -2.31. The largest absolute Gasteiger partial charge is 0.324 e. The molecule has 0 atom stereocenters. The van der Waals surface area contributed by atoms with Crippen LogP contribution in [0.1, 0.15) is 0 Å². The molecule has 1 aliphatic rings. The summed E-state index contributed by atoms with van der Waals surface area (Å²) in [6.45, 7) is 3.28. The predicted octanol–water partition coefficient (Wildman–Crippen LogP) is 1.91. The number of piperazine rings is 1. The number of nitrogens with one attached hydrogen (secondary N) is 1. The summed E-state index contributed by atoms with van der Waals surface area (Å²) in [4.78, 5) is 15.8. The molecule has 5 heteroatoms. The van der Waals surface area contributed by atoms with Gasteiger partial charge in [-0.1, -0.05) is 12.1 Å². The standard InChI is InChI=1S/C12H16BrN3O/c1-15(11-5-3-2-4-10(11)13)12(17)16-8-6-14-7-9-16/h2-5,14H,6-9H2,1H3. The summed E-state index contributed by atoms with van der Waals surface area (Å²) in [5, 5.41) is 3.24. The molecule has 92 valence electrons. The third kappa shape index (κ3) is 2.79. The van der Waals surface area contributed by atoms with Crippen LogP contribution in [0.5, 0.6) is 0 Å². The average molecular weight is 298 g/mol. The van der Waals surface area contributed by atoms with Crippen LogP contribution in [-0.2, 0) is 0 Å². The first-order chi connectivity index (χ1) is 8.20. The summed E-state index contributed by atoms with van der Waals surface area (Å²) < 4.78 is 0.936. The third-order valence-electron chi connectivity index (χ3n) is 2.89. The first kappa shape index (κ1) is 12.4. The highest BCUT2D eigenvalue weighted by Crippen LogP contribution is 2.25. The van der Waals surface area contributed by atoms with E-state index in [4.69, 9.17) is 0 Å². The van der Waals surface area contributed by atoms with Gasteiger partial charge in [-0.2, -0.15) is 0 Å². The van der Waals surface area contributed by atoms with Crippen LogP contribution in [0.25, 0.3) is 0 Å². The average Bonchev–Trinajstić information content (AvgIpc) is 2.39. The molecule has 0 radical (unpaired) electrons. The number of hydrogen-bond donors (Lipinski definition) is 1. The van der Waals surface area contributed by atoms with Crippen molar-refractivity contribution in [2.75, 3.05) is 38.1 Å². The van der Waals surface area contributed by atoms with E-state index in [1.54, 1.807) is 4.90 Å². The molecular formula is C12H16BrN3O. The fourth-order valence-electron chi connectivity index (χ4n) is 1.90.